The maximum Gasteiger partial charge on any atom is 0.247 e. The summed E-state index contributed by atoms with van der Waals surface area (Å²) in [5, 5.41) is 15.5. The van der Waals surface area contributed by atoms with Crippen molar-refractivity contribution in [1.29, 1.82) is 0 Å². The quantitative estimate of drug-likeness (QED) is 0.382. The average molecular weight is 516 g/mol. The number of aryl methyl sites for hydroxylation is 1. The van der Waals surface area contributed by atoms with Gasteiger partial charge in [0.05, 0.1) is 0 Å². The molecule has 38 heavy (non-hydrogen) atoms. The van der Waals surface area contributed by atoms with Gasteiger partial charge in [-0.2, -0.15) is 4.80 Å². The van der Waals surface area contributed by atoms with Gasteiger partial charge in [-0.1, -0.05) is 42.0 Å². The number of tetrazole rings is 1. The highest BCUT2D eigenvalue weighted by atomic mass is 19.1. The van der Waals surface area contributed by atoms with Crippen LogP contribution in [0.4, 0.5) is 4.39 Å². The number of carbonyl (C=O) groups is 2. The van der Waals surface area contributed by atoms with Gasteiger partial charge in [0.2, 0.25) is 17.6 Å². The SMILES string of the molecule is Cc1ccc(-c2nnn(CC(=O)N(Cc3ccc(F)cc3)C(C(=O)NC(C)(C)C)c3ccncc3)n2)cc1. The minimum atomic E-state index is -0.977. The predicted octanol–water partition coefficient (Wildman–Crippen LogP) is 3.87. The Balaban J connectivity index is 1.68. The van der Waals surface area contributed by atoms with Crippen molar-refractivity contribution in [3.05, 3.63) is 95.6 Å². The number of hydrogen-bond acceptors (Lipinski definition) is 6. The maximum atomic E-state index is 13.8. The summed E-state index contributed by atoms with van der Waals surface area (Å²) >= 11 is 0. The van der Waals surface area contributed by atoms with Crippen LogP contribution in [0.3, 0.4) is 0 Å². The third kappa shape index (κ3) is 6.84. The molecular formula is C28H30FN7O2. The first-order valence-electron chi connectivity index (χ1n) is 12.2. The van der Waals surface area contributed by atoms with Crippen molar-refractivity contribution >= 4 is 11.8 Å². The zero-order valence-electron chi connectivity index (χ0n) is 21.8. The molecule has 0 aliphatic carbocycles. The summed E-state index contributed by atoms with van der Waals surface area (Å²) in [5.41, 5.74) is 2.59. The topological polar surface area (TPSA) is 106 Å². The largest absolute Gasteiger partial charge is 0.349 e. The molecule has 10 heteroatoms. The van der Waals surface area contributed by atoms with E-state index in [4.69, 9.17) is 0 Å². The number of benzene rings is 2. The highest BCUT2D eigenvalue weighted by Gasteiger charge is 2.33. The number of pyridine rings is 1. The van der Waals surface area contributed by atoms with Gasteiger partial charge >= 0.3 is 0 Å². The van der Waals surface area contributed by atoms with Gasteiger partial charge in [0.25, 0.3) is 0 Å². The van der Waals surface area contributed by atoms with Crippen LogP contribution in [0.15, 0.2) is 73.1 Å². The molecular weight excluding hydrogens is 485 g/mol. The molecule has 4 aromatic rings. The number of nitrogens with one attached hydrogen (secondary N) is 1. The second-order valence-corrected chi connectivity index (χ2v) is 10.1. The summed E-state index contributed by atoms with van der Waals surface area (Å²) in [6, 6.07) is 15.9. The molecule has 0 fully saturated rings. The Kier molecular flexibility index (Phi) is 7.90. The number of carbonyl (C=O) groups excluding carboxylic acids is 2. The number of hydrogen-bond donors (Lipinski definition) is 1. The highest BCUT2D eigenvalue weighted by molar-refractivity contribution is 5.89. The normalized spacial score (nSPS) is 12.1. The number of rotatable bonds is 8. The monoisotopic (exact) mass is 515 g/mol. The molecule has 0 spiro atoms. The van der Waals surface area contributed by atoms with Crippen molar-refractivity contribution in [2.75, 3.05) is 0 Å². The van der Waals surface area contributed by atoms with Crippen LogP contribution >= 0.6 is 0 Å². The van der Waals surface area contributed by atoms with E-state index in [-0.39, 0.29) is 19.0 Å². The van der Waals surface area contributed by atoms with Crippen LogP contribution in [0.25, 0.3) is 11.4 Å². The third-order valence-corrected chi connectivity index (χ3v) is 5.71. The van der Waals surface area contributed by atoms with E-state index < -0.39 is 23.3 Å². The average Bonchev–Trinajstić information content (AvgIpc) is 3.33. The Hall–Kier alpha value is -4.47. The van der Waals surface area contributed by atoms with Gasteiger partial charge in [-0.25, -0.2) is 4.39 Å². The van der Waals surface area contributed by atoms with Crippen molar-refractivity contribution in [2.24, 2.45) is 0 Å². The summed E-state index contributed by atoms with van der Waals surface area (Å²) in [7, 11) is 0. The molecule has 9 nitrogen and oxygen atoms in total. The van der Waals surface area contributed by atoms with E-state index in [1.807, 2.05) is 52.0 Å². The van der Waals surface area contributed by atoms with E-state index in [0.29, 0.717) is 17.0 Å². The minimum absolute atomic E-state index is 0.0587. The van der Waals surface area contributed by atoms with Crippen molar-refractivity contribution in [1.82, 2.24) is 35.4 Å². The first-order valence-corrected chi connectivity index (χ1v) is 12.2. The summed E-state index contributed by atoms with van der Waals surface area (Å²) in [6.45, 7) is 7.40. The molecule has 4 rings (SSSR count). The van der Waals surface area contributed by atoms with E-state index in [0.717, 1.165) is 11.1 Å². The van der Waals surface area contributed by atoms with Gasteiger partial charge in [0, 0.05) is 30.0 Å². The molecule has 0 bridgehead atoms. The number of nitrogens with zero attached hydrogens (tertiary/aromatic N) is 6. The van der Waals surface area contributed by atoms with Gasteiger partial charge in [0.1, 0.15) is 18.4 Å². The fourth-order valence-corrected chi connectivity index (χ4v) is 3.91. The lowest BCUT2D eigenvalue weighted by Gasteiger charge is -2.33. The Morgan fingerprint density at radius 2 is 1.66 bits per heavy atom. The molecule has 2 aromatic heterocycles. The van der Waals surface area contributed by atoms with Crippen LogP contribution in [-0.2, 0) is 22.7 Å². The molecule has 0 aliphatic rings. The Bertz CT molecular complexity index is 1380. The van der Waals surface area contributed by atoms with Crippen LogP contribution in [0, 0.1) is 12.7 Å². The van der Waals surface area contributed by atoms with Gasteiger partial charge in [-0.15, -0.1) is 10.2 Å². The third-order valence-electron chi connectivity index (χ3n) is 5.71. The van der Waals surface area contributed by atoms with Gasteiger partial charge in [-0.3, -0.25) is 14.6 Å². The first-order chi connectivity index (χ1) is 18.1. The lowest BCUT2D eigenvalue weighted by molar-refractivity contribution is -0.143. The Labute approximate surface area is 220 Å². The lowest BCUT2D eigenvalue weighted by Crippen LogP contribution is -2.49. The number of amides is 2. The summed E-state index contributed by atoms with van der Waals surface area (Å²) in [6.07, 6.45) is 3.14. The molecule has 196 valence electrons. The standard InChI is InChI=1S/C28H30FN7O2/c1-19-5-9-22(10-6-19)26-32-34-36(33-26)18-24(37)35(17-20-7-11-23(29)12-8-20)25(21-13-15-30-16-14-21)27(38)31-28(2,3)4/h5-16,25H,17-18H2,1-4H3,(H,31,38). The minimum Gasteiger partial charge on any atom is -0.349 e. The van der Waals surface area contributed by atoms with E-state index in [2.05, 4.69) is 25.7 Å². The fourth-order valence-electron chi connectivity index (χ4n) is 3.91. The molecule has 0 radical (unpaired) electrons. The van der Waals surface area contributed by atoms with Crippen molar-refractivity contribution in [3.8, 4) is 11.4 Å². The van der Waals surface area contributed by atoms with Gasteiger partial charge in [0.15, 0.2) is 0 Å². The van der Waals surface area contributed by atoms with Crippen LogP contribution in [0.2, 0.25) is 0 Å². The number of aromatic nitrogens is 5. The molecule has 1 atom stereocenters. The second kappa shape index (κ2) is 11.3. The molecule has 0 saturated carbocycles. The van der Waals surface area contributed by atoms with Gasteiger partial charge < -0.3 is 10.2 Å². The van der Waals surface area contributed by atoms with Gasteiger partial charge in [-0.05, 0) is 68.3 Å². The summed E-state index contributed by atoms with van der Waals surface area (Å²) in [4.78, 5) is 34.1. The van der Waals surface area contributed by atoms with Crippen LogP contribution in [0.5, 0.6) is 0 Å². The number of halogens is 1. The summed E-state index contributed by atoms with van der Waals surface area (Å²) in [5.74, 6) is -0.767. The molecule has 2 heterocycles. The first kappa shape index (κ1) is 26.6. The predicted molar refractivity (Wildman–Crippen MR) is 140 cm³/mol. The fraction of sp³-hybridized carbons (Fsp3) is 0.286. The van der Waals surface area contributed by atoms with E-state index in [1.54, 1.807) is 36.7 Å². The Morgan fingerprint density at radius 3 is 2.29 bits per heavy atom. The van der Waals surface area contributed by atoms with Crippen LogP contribution in [0.1, 0.15) is 43.5 Å². The van der Waals surface area contributed by atoms with Crippen molar-refractivity contribution < 1.29 is 14.0 Å². The second-order valence-electron chi connectivity index (χ2n) is 10.1. The molecule has 2 aromatic carbocycles. The zero-order valence-corrected chi connectivity index (χ0v) is 21.8. The Morgan fingerprint density at radius 1 is 1.00 bits per heavy atom. The van der Waals surface area contributed by atoms with E-state index in [1.165, 1.54) is 21.8 Å². The zero-order chi connectivity index (χ0) is 27.3. The maximum absolute atomic E-state index is 13.8. The van der Waals surface area contributed by atoms with Crippen molar-refractivity contribution in [2.45, 2.75) is 52.4 Å². The molecule has 1 unspecified atom stereocenters. The molecule has 1 N–H and O–H groups in total. The highest BCUT2D eigenvalue weighted by Crippen LogP contribution is 2.25. The van der Waals surface area contributed by atoms with Crippen LogP contribution in [-0.4, -0.2) is 47.4 Å². The molecule has 0 aliphatic heterocycles. The lowest BCUT2D eigenvalue weighted by atomic mass is 10.0. The molecule has 2 amide bonds. The molecule has 0 saturated heterocycles. The van der Waals surface area contributed by atoms with Crippen molar-refractivity contribution in [3.63, 3.8) is 0 Å². The summed E-state index contributed by atoms with van der Waals surface area (Å²) < 4.78 is 13.6. The van der Waals surface area contributed by atoms with E-state index >= 15 is 0 Å². The smallest absolute Gasteiger partial charge is 0.247 e. The van der Waals surface area contributed by atoms with Crippen LogP contribution < -0.4 is 5.32 Å². The van der Waals surface area contributed by atoms with E-state index in [9.17, 15) is 14.0 Å².